The fraction of sp³-hybridized carbons (Fsp3) is 0.333. The number of anilines is 2. The monoisotopic (exact) mass is 401 g/mol. The van der Waals surface area contributed by atoms with Crippen molar-refractivity contribution >= 4 is 23.3 Å². The maximum absolute atomic E-state index is 13.0. The van der Waals surface area contributed by atoms with E-state index in [0.29, 0.717) is 42.4 Å². The van der Waals surface area contributed by atoms with E-state index in [1.54, 1.807) is 30.2 Å². The normalized spacial score (nSPS) is 16.1. The number of piperidine rings is 1. The van der Waals surface area contributed by atoms with Crippen LogP contribution in [-0.2, 0) is 4.79 Å². The molecule has 2 aromatic carbocycles. The highest BCUT2D eigenvalue weighted by Gasteiger charge is 2.28. The number of hydrogen-bond donors (Lipinski definition) is 2. The van der Waals surface area contributed by atoms with Gasteiger partial charge in [0, 0.05) is 30.5 Å². The number of rotatable bonds is 5. The number of amides is 3. The maximum atomic E-state index is 13.0. The first kappa shape index (κ1) is 20.4. The van der Waals surface area contributed by atoms with E-state index in [2.05, 4.69) is 10.6 Å². The second-order valence-electron chi connectivity index (χ2n) is 6.78. The molecule has 0 bridgehead atoms. The molecule has 1 heterocycles. The van der Waals surface area contributed by atoms with Crippen LogP contribution in [-0.4, -0.2) is 44.1 Å². The van der Waals surface area contributed by atoms with Crippen molar-refractivity contribution in [3.8, 4) is 11.5 Å². The Morgan fingerprint density at radius 2 is 1.69 bits per heavy atom. The van der Waals surface area contributed by atoms with Gasteiger partial charge in [-0.25, -0.2) is 9.18 Å². The third-order valence-electron chi connectivity index (χ3n) is 4.83. The quantitative estimate of drug-likeness (QED) is 0.800. The van der Waals surface area contributed by atoms with Crippen LogP contribution >= 0.6 is 0 Å². The van der Waals surface area contributed by atoms with Crippen molar-refractivity contribution in [2.75, 3.05) is 37.9 Å². The molecule has 3 amide bonds. The van der Waals surface area contributed by atoms with E-state index in [1.165, 1.54) is 31.4 Å². The zero-order valence-corrected chi connectivity index (χ0v) is 16.4. The molecule has 0 radical (unpaired) electrons. The Labute approximate surface area is 168 Å². The highest BCUT2D eigenvalue weighted by Crippen LogP contribution is 2.30. The first-order chi connectivity index (χ1) is 14.0. The number of likely N-dealkylation sites (tertiary alicyclic amines) is 1. The average molecular weight is 401 g/mol. The number of halogens is 1. The molecule has 0 aliphatic carbocycles. The number of hydrogen-bond acceptors (Lipinski definition) is 4. The third kappa shape index (κ3) is 5.16. The van der Waals surface area contributed by atoms with E-state index in [9.17, 15) is 14.0 Å². The first-order valence-electron chi connectivity index (χ1n) is 9.34. The highest BCUT2D eigenvalue weighted by molar-refractivity contribution is 5.94. The second-order valence-corrected chi connectivity index (χ2v) is 6.78. The second kappa shape index (κ2) is 9.27. The van der Waals surface area contributed by atoms with Crippen molar-refractivity contribution in [3.63, 3.8) is 0 Å². The summed E-state index contributed by atoms with van der Waals surface area (Å²) in [6.07, 6.45) is 1.42. The van der Waals surface area contributed by atoms with Gasteiger partial charge < -0.3 is 25.0 Å². The molecule has 8 heteroatoms. The molecule has 154 valence electrons. The van der Waals surface area contributed by atoms with E-state index in [1.807, 2.05) is 0 Å². The van der Waals surface area contributed by atoms with Gasteiger partial charge in [-0.2, -0.15) is 0 Å². The molecule has 1 saturated heterocycles. The smallest absolute Gasteiger partial charge is 0.321 e. The van der Waals surface area contributed by atoms with Gasteiger partial charge in [-0.1, -0.05) is 0 Å². The lowest BCUT2D eigenvalue weighted by molar-refractivity contribution is -0.121. The fourth-order valence-electron chi connectivity index (χ4n) is 3.27. The predicted octanol–water partition coefficient (Wildman–Crippen LogP) is 3.73. The number of carbonyl (C=O) groups excluding carboxylic acids is 2. The molecular formula is C21H24FN3O4. The van der Waals surface area contributed by atoms with Crippen molar-refractivity contribution in [2.24, 2.45) is 5.92 Å². The van der Waals surface area contributed by atoms with Gasteiger partial charge in [0.1, 0.15) is 5.82 Å². The van der Waals surface area contributed by atoms with Crippen LogP contribution in [0, 0.1) is 11.7 Å². The zero-order valence-electron chi connectivity index (χ0n) is 16.4. The zero-order chi connectivity index (χ0) is 20.8. The Balaban J connectivity index is 1.60. The molecule has 3 rings (SSSR count). The summed E-state index contributed by atoms with van der Waals surface area (Å²) in [5.41, 5.74) is 1.11. The summed E-state index contributed by atoms with van der Waals surface area (Å²) in [5, 5.41) is 5.61. The minimum absolute atomic E-state index is 0.156. The number of carbonyl (C=O) groups is 2. The van der Waals surface area contributed by atoms with Crippen molar-refractivity contribution in [1.29, 1.82) is 0 Å². The molecule has 0 aromatic heterocycles. The number of ether oxygens (including phenoxy) is 2. The summed E-state index contributed by atoms with van der Waals surface area (Å²) in [5.74, 6) is 0.251. The lowest BCUT2D eigenvalue weighted by atomic mass is 9.97. The largest absolute Gasteiger partial charge is 0.493 e. The van der Waals surface area contributed by atoms with E-state index < -0.39 is 0 Å². The Bertz CT molecular complexity index is 873. The highest BCUT2D eigenvalue weighted by atomic mass is 19.1. The molecule has 0 spiro atoms. The Kier molecular flexibility index (Phi) is 6.54. The predicted molar refractivity (Wildman–Crippen MR) is 108 cm³/mol. The fourth-order valence-corrected chi connectivity index (χ4v) is 3.27. The van der Waals surface area contributed by atoms with Crippen LogP contribution in [0.25, 0.3) is 0 Å². The SMILES string of the molecule is COc1ccc(NC(=O)[C@H]2CCCN(C(=O)Nc3ccc(F)cc3)C2)cc1OC. The minimum atomic E-state index is -0.368. The number of methoxy groups -OCH3 is 2. The molecule has 0 saturated carbocycles. The molecule has 2 aromatic rings. The van der Waals surface area contributed by atoms with Crippen LogP contribution in [0.15, 0.2) is 42.5 Å². The Morgan fingerprint density at radius 1 is 1.00 bits per heavy atom. The molecule has 7 nitrogen and oxygen atoms in total. The average Bonchev–Trinajstić information content (AvgIpc) is 2.75. The molecule has 1 atom stereocenters. The van der Waals surface area contributed by atoms with Gasteiger partial charge >= 0.3 is 6.03 Å². The minimum Gasteiger partial charge on any atom is -0.493 e. The molecule has 1 aliphatic rings. The summed E-state index contributed by atoms with van der Waals surface area (Å²) in [6.45, 7) is 0.874. The van der Waals surface area contributed by atoms with Gasteiger partial charge in [-0.15, -0.1) is 0 Å². The van der Waals surface area contributed by atoms with Crippen LogP contribution in [0.4, 0.5) is 20.6 Å². The van der Waals surface area contributed by atoms with Gasteiger partial charge in [0.05, 0.1) is 20.1 Å². The summed E-state index contributed by atoms with van der Waals surface area (Å²) in [7, 11) is 3.08. The number of benzene rings is 2. The van der Waals surface area contributed by atoms with Crippen LogP contribution in [0.3, 0.4) is 0 Å². The van der Waals surface area contributed by atoms with E-state index in [-0.39, 0.29) is 23.7 Å². The third-order valence-corrected chi connectivity index (χ3v) is 4.83. The Hall–Kier alpha value is -3.29. The van der Waals surface area contributed by atoms with Gasteiger partial charge in [-0.05, 0) is 49.2 Å². The summed E-state index contributed by atoms with van der Waals surface area (Å²) in [4.78, 5) is 26.8. The van der Waals surface area contributed by atoms with Gasteiger partial charge in [0.15, 0.2) is 11.5 Å². The lowest BCUT2D eigenvalue weighted by Crippen LogP contribution is -2.45. The first-order valence-corrected chi connectivity index (χ1v) is 9.34. The molecule has 2 N–H and O–H groups in total. The van der Waals surface area contributed by atoms with Gasteiger partial charge in [-0.3, -0.25) is 4.79 Å². The van der Waals surface area contributed by atoms with Crippen LogP contribution in [0.1, 0.15) is 12.8 Å². The van der Waals surface area contributed by atoms with Crippen molar-refractivity contribution in [2.45, 2.75) is 12.8 Å². The summed E-state index contributed by atoms with van der Waals surface area (Å²) >= 11 is 0. The molecule has 1 fully saturated rings. The number of nitrogens with one attached hydrogen (secondary N) is 2. The van der Waals surface area contributed by atoms with E-state index in [0.717, 1.165) is 6.42 Å². The van der Waals surface area contributed by atoms with Crippen molar-refractivity contribution in [3.05, 3.63) is 48.3 Å². The summed E-state index contributed by atoms with van der Waals surface area (Å²) in [6, 6.07) is 10.4. The lowest BCUT2D eigenvalue weighted by Gasteiger charge is -2.32. The van der Waals surface area contributed by atoms with Crippen molar-refractivity contribution < 1.29 is 23.5 Å². The molecular weight excluding hydrogens is 377 g/mol. The van der Waals surface area contributed by atoms with Crippen LogP contribution in [0.5, 0.6) is 11.5 Å². The number of urea groups is 1. The van der Waals surface area contributed by atoms with Crippen LogP contribution < -0.4 is 20.1 Å². The maximum Gasteiger partial charge on any atom is 0.321 e. The van der Waals surface area contributed by atoms with E-state index in [4.69, 9.17) is 9.47 Å². The van der Waals surface area contributed by atoms with Gasteiger partial charge in [0.2, 0.25) is 5.91 Å². The standard InChI is InChI=1S/C21H24FN3O4/c1-28-18-10-9-17(12-19(18)29-2)23-20(26)14-4-3-11-25(13-14)21(27)24-16-7-5-15(22)6-8-16/h5-10,12,14H,3-4,11,13H2,1-2H3,(H,23,26)(H,24,27)/t14-/m0/s1. The van der Waals surface area contributed by atoms with Gasteiger partial charge in [0.25, 0.3) is 0 Å². The number of nitrogens with zero attached hydrogens (tertiary/aromatic N) is 1. The van der Waals surface area contributed by atoms with Crippen molar-refractivity contribution in [1.82, 2.24) is 4.90 Å². The van der Waals surface area contributed by atoms with E-state index >= 15 is 0 Å². The Morgan fingerprint density at radius 3 is 2.38 bits per heavy atom. The summed E-state index contributed by atoms with van der Waals surface area (Å²) < 4.78 is 23.5. The molecule has 29 heavy (non-hydrogen) atoms. The van der Waals surface area contributed by atoms with Crippen LogP contribution in [0.2, 0.25) is 0 Å². The topological polar surface area (TPSA) is 79.9 Å². The molecule has 1 aliphatic heterocycles. The molecule has 0 unspecified atom stereocenters.